The SMILES string of the molecule is CC(=O)c1ccc(C)cc1OCc1cc(C)no1. The second-order valence-electron chi connectivity index (χ2n) is 4.28. The van der Waals surface area contributed by atoms with Gasteiger partial charge in [0.2, 0.25) is 0 Å². The Morgan fingerprint density at radius 2 is 2.11 bits per heavy atom. The maximum absolute atomic E-state index is 11.5. The molecule has 0 N–H and O–H groups in total. The van der Waals surface area contributed by atoms with Gasteiger partial charge in [-0.1, -0.05) is 11.2 Å². The summed E-state index contributed by atoms with van der Waals surface area (Å²) in [5.41, 5.74) is 2.44. The van der Waals surface area contributed by atoms with Gasteiger partial charge in [-0.3, -0.25) is 4.79 Å². The first-order chi connectivity index (χ1) is 8.56. The van der Waals surface area contributed by atoms with Crippen LogP contribution >= 0.6 is 0 Å². The predicted molar refractivity (Wildman–Crippen MR) is 66.8 cm³/mol. The van der Waals surface area contributed by atoms with E-state index in [1.54, 1.807) is 6.07 Å². The van der Waals surface area contributed by atoms with E-state index in [9.17, 15) is 4.79 Å². The monoisotopic (exact) mass is 245 g/mol. The van der Waals surface area contributed by atoms with Crippen LogP contribution in [0.4, 0.5) is 0 Å². The third kappa shape index (κ3) is 2.77. The van der Waals surface area contributed by atoms with Gasteiger partial charge in [0.05, 0.1) is 11.3 Å². The summed E-state index contributed by atoms with van der Waals surface area (Å²) >= 11 is 0. The third-order valence-electron chi connectivity index (χ3n) is 2.56. The smallest absolute Gasteiger partial charge is 0.174 e. The molecule has 4 nitrogen and oxygen atoms in total. The normalized spacial score (nSPS) is 10.4. The van der Waals surface area contributed by atoms with Gasteiger partial charge in [-0.2, -0.15) is 0 Å². The topological polar surface area (TPSA) is 52.3 Å². The quantitative estimate of drug-likeness (QED) is 0.777. The van der Waals surface area contributed by atoms with Gasteiger partial charge in [-0.15, -0.1) is 0 Å². The lowest BCUT2D eigenvalue weighted by atomic mass is 10.1. The third-order valence-corrected chi connectivity index (χ3v) is 2.56. The first-order valence-corrected chi connectivity index (χ1v) is 5.73. The lowest BCUT2D eigenvalue weighted by Crippen LogP contribution is -2.01. The number of rotatable bonds is 4. The van der Waals surface area contributed by atoms with Crippen molar-refractivity contribution < 1.29 is 14.1 Å². The van der Waals surface area contributed by atoms with Crippen molar-refractivity contribution in [3.63, 3.8) is 0 Å². The Hall–Kier alpha value is -2.10. The van der Waals surface area contributed by atoms with E-state index in [1.807, 2.05) is 32.0 Å². The van der Waals surface area contributed by atoms with Crippen molar-refractivity contribution in [3.8, 4) is 5.75 Å². The molecule has 1 aromatic heterocycles. The zero-order valence-electron chi connectivity index (χ0n) is 10.7. The molecular formula is C14H15NO3. The van der Waals surface area contributed by atoms with E-state index < -0.39 is 0 Å². The zero-order valence-corrected chi connectivity index (χ0v) is 10.7. The van der Waals surface area contributed by atoms with Gasteiger partial charge in [0, 0.05) is 6.07 Å². The number of ether oxygens (including phenoxy) is 1. The summed E-state index contributed by atoms with van der Waals surface area (Å²) in [6.45, 7) is 5.59. The molecule has 4 heteroatoms. The summed E-state index contributed by atoms with van der Waals surface area (Å²) in [5.74, 6) is 1.21. The highest BCUT2D eigenvalue weighted by Gasteiger charge is 2.10. The number of hydrogen-bond acceptors (Lipinski definition) is 4. The molecule has 0 unspecified atom stereocenters. The fraction of sp³-hybridized carbons (Fsp3) is 0.286. The van der Waals surface area contributed by atoms with E-state index in [-0.39, 0.29) is 12.4 Å². The van der Waals surface area contributed by atoms with Crippen LogP contribution in [-0.4, -0.2) is 10.9 Å². The van der Waals surface area contributed by atoms with Crippen LogP contribution in [0.1, 0.15) is 34.3 Å². The first-order valence-electron chi connectivity index (χ1n) is 5.73. The maximum Gasteiger partial charge on any atom is 0.174 e. The number of aromatic nitrogens is 1. The lowest BCUT2D eigenvalue weighted by Gasteiger charge is -2.09. The van der Waals surface area contributed by atoms with Crippen molar-refractivity contribution in [2.24, 2.45) is 0 Å². The van der Waals surface area contributed by atoms with E-state index in [0.29, 0.717) is 17.1 Å². The van der Waals surface area contributed by atoms with Crippen LogP contribution < -0.4 is 4.74 Å². The molecule has 0 saturated carbocycles. The minimum Gasteiger partial charge on any atom is -0.485 e. The summed E-state index contributed by atoms with van der Waals surface area (Å²) in [5, 5.41) is 3.78. The van der Waals surface area contributed by atoms with Crippen LogP contribution in [0.5, 0.6) is 5.75 Å². The average molecular weight is 245 g/mol. The second-order valence-corrected chi connectivity index (χ2v) is 4.28. The van der Waals surface area contributed by atoms with Gasteiger partial charge < -0.3 is 9.26 Å². The van der Waals surface area contributed by atoms with Crippen LogP contribution in [0.2, 0.25) is 0 Å². The summed E-state index contributed by atoms with van der Waals surface area (Å²) in [7, 11) is 0. The highest BCUT2D eigenvalue weighted by Crippen LogP contribution is 2.22. The Kier molecular flexibility index (Phi) is 3.46. The van der Waals surface area contributed by atoms with Crippen molar-refractivity contribution in [2.45, 2.75) is 27.4 Å². The van der Waals surface area contributed by atoms with Gasteiger partial charge in [0.25, 0.3) is 0 Å². The van der Waals surface area contributed by atoms with Crippen LogP contribution in [0.25, 0.3) is 0 Å². The molecule has 0 aliphatic carbocycles. The Bertz CT molecular complexity index is 572. The molecule has 1 aromatic carbocycles. The number of hydrogen-bond donors (Lipinski definition) is 0. The molecule has 0 fully saturated rings. The lowest BCUT2D eigenvalue weighted by molar-refractivity contribution is 0.101. The predicted octanol–water partition coefficient (Wildman–Crippen LogP) is 3.07. The first kappa shape index (κ1) is 12.4. The fourth-order valence-electron chi connectivity index (χ4n) is 1.67. The van der Waals surface area contributed by atoms with Gasteiger partial charge >= 0.3 is 0 Å². The van der Waals surface area contributed by atoms with E-state index in [1.165, 1.54) is 6.92 Å². The molecule has 94 valence electrons. The Morgan fingerprint density at radius 1 is 1.33 bits per heavy atom. The Balaban J connectivity index is 2.17. The number of carbonyl (C=O) groups is 1. The molecule has 0 bridgehead atoms. The van der Waals surface area contributed by atoms with Crippen LogP contribution in [0, 0.1) is 13.8 Å². The number of nitrogens with zero attached hydrogens (tertiary/aromatic N) is 1. The van der Waals surface area contributed by atoms with Crippen LogP contribution in [-0.2, 0) is 6.61 Å². The summed E-state index contributed by atoms with van der Waals surface area (Å²) in [6, 6.07) is 7.32. The van der Waals surface area contributed by atoms with Crippen molar-refractivity contribution in [1.29, 1.82) is 0 Å². The molecule has 0 atom stereocenters. The molecule has 1 heterocycles. The standard InChI is InChI=1S/C14H15NO3/c1-9-4-5-13(11(3)16)14(6-9)17-8-12-7-10(2)15-18-12/h4-7H,8H2,1-3H3. The van der Waals surface area contributed by atoms with E-state index in [2.05, 4.69) is 5.16 Å². The van der Waals surface area contributed by atoms with Crippen molar-refractivity contribution in [2.75, 3.05) is 0 Å². The summed E-state index contributed by atoms with van der Waals surface area (Å²) < 4.78 is 10.7. The highest BCUT2D eigenvalue weighted by molar-refractivity contribution is 5.96. The second kappa shape index (κ2) is 5.04. The minimum atomic E-state index is -0.0150. The molecule has 0 aliphatic heterocycles. The van der Waals surface area contributed by atoms with Crippen LogP contribution in [0.15, 0.2) is 28.8 Å². The summed E-state index contributed by atoms with van der Waals surface area (Å²) in [4.78, 5) is 11.5. The fourth-order valence-corrected chi connectivity index (χ4v) is 1.67. The largest absolute Gasteiger partial charge is 0.485 e. The van der Waals surface area contributed by atoms with E-state index in [4.69, 9.17) is 9.26 Å². The Labute approximate surface area is 106 Å². The molecule has 0 radical (unpaired) electrons. The van der Waals surface area contributed by atoms with Gasteiger partial charge in [0.15, 0.2) is 11.5 Å². The van der Waals surface area contributed by atoms with Crippen LogP contribution in [0.3, 0.4) is 0 Å². The van der Waals surface area contributed by atoms with Crippen molar-refractivity contribution in [1.82, 2.24) is 5.16 Å². The van der Waals surface area contributed by atoms with Crippen molar-refractivity contribution in [3.05, 3.63) is 46.8 Å². The van der Waals surface area contributed by atoms with E-state index in [0.717, 1.165) is 11.3 Å². The molecule has 0 amide bonds. The molecule has 2 rings (SSSR count). The number of benzene rings is 1. The number of carbonyl (C=O) groups excluding carboxylic acids is 1. The van der Waals surface area contributed by atoms with Gasteiger partial charge in [-0.05, 0) is 38.5 Å². The zero-order chi connectivity index (χ0) is 13.1. The molecule has 0 spiro atoms. The minimum absolute atomic E-state index is 0.0150. The maximum atomic E-state index is 11.5. The Morgan fingerprint density at radius 3 is 2.72 bits per heavy atom. The van der Waals surface area contributed by atoms with E-state index >= 15 is 0 Å². The number of ketones is 1. The van der Waals surface area contributed by atoms with Gasteiger partial charge in [-0.25, -0.2) is 0 Å². The number of Topliss-reactive ketones (excluding diaryl/α,β-unsaturated/α-hetero) is 1. The number of aryl methyl sites for hydroxylation is 2. The molecular weight excluding hydrogens is 230 g/mol. The summed E-state index contributed by atoms with van der Waals surface area (Å²) in [6.07, 6.45) is 0. The highest BCUT2D eigenvalue weighted by atomic mass is 16.5. The van der Waals surface area contributed by atoms with Crippen molar-refractivity contribution >= 4 is 5.78 Å². The molecule has 0 saturated heterocycles. The molecule has 18 heavy (non-hydrogen) atoms. The molecule has 2 aromatic rings. The van der Waals surface area contributed by atoms with Gasteiger partial charge in [0.1, 0.15) is 12.4 Å². The molecule has 0 aliphatic rings. The average Bonchev–Trinajstić information content (AvgIpc) is 2.72.